The second-order valence-corrected chi connectivity index (χ2v) is 4.54. The van der Waals surface area contributed by atoms with Crippen molar-refractivity contribution in [1.82, 2.24) is 4.98 Å². The molecule has 0 bridgehead atoms. The Morgan fingerprint density at radius 2 is 2.28 bits per heavy atom. The lowest BCUT2D eigenvalue weighted by Crippen LogP contribution is -2.07. The summed E-state index contributed by atoms with van der Waals surface area (Å²) < 4.78 is 9.85. The lowest BCUT2D eigenvalue weighted by Gasteiger charge is -2.07. The van der Waals surface area contributed by atoms with E-state index in [0.717, 1.165) is 10.7 Å². The lowest BCUT2D eigenvalue weighted by atomic mass is 10.2. The number of carbonyl (C=O) groups is 1. The van der Waals surface area contributed by atoms with E-state index in [1.54, 1.807) is 6.26 Å². The van der Waals surface area contributed by atoms with Gasteiger partial charge < -0.3 is 14.9 Å². The number of hydrogen-bond acceptors (Lipinski definition) is 6. The molecule has 2 rings (SSSR count). The van der Waals surface area contributed by atoms with Crippen molar-refractivity contribution in [3.63, 3.8) is 0 Å². The Labute approximate surface area is 108 Å². The number of nitrogens with zero attached hydrogens (tertiary/aromatic N) is 1. The number of methoxy groups -OCH3 is 1. The average Bonchev–Trinajstić information content (AvgIpc) is 2.77. The van der Waals surface area contributed by atoms with Gasteiger partial charge in [0.15, 0.2) is 0 Å². The van der Waals surface area contributed by atoms with E-state index in [0.29, 0.717) is 16.3 Å². The molecule has 0 atom stereocenters. The molecule has 2 aromatic heterocycles. The van der Waals surface area contributed by atoms with E-state index in [9.17, 15) is 4.79 Å². The molecule has 2 N–H and O–H groups in total. The van der Waals surface area contributed by atoms with E-state index < -0.39 is 5.97 Å². The SMILES string of the molecule is COC(=O)c1ccnc(Sc2ccoc2C)c1N. The molecule has 18 heavy (non-hydrogen) atoms. The fraction of sp³-hybridized carbons (Fsp3) is 0.167. The highest BCUT2D eigenvalue weighted by Gasteiger charge is 2.15. The molecule has 5 nitrogen and oxygen atoms in total. The summed E-state index contributed by atoms with van der Waals surface area (Å²) in [4.78, 5) is 16.6. The van der Waals surface area contributed by atoms with Gasteiger partial charge >= 0.3 is 5.97 Å². The summed E-state index contributed by atoms with van der Waals surface area (Å²) in [5.74, 6) is 0.310. The molecule has 2 heterocycles. The van der Waals surface area contributed by atoms with Gasteiger partial charge in [-0.2, -0.15) is 0 Å². The number of pyridine rings is 1. The zero-order valence-electron chi connectivity index (χ0n) is 9.97. The molecule has 0 saturated carbocycles. The summed E-state index contributed by atoms with van der Waals surface area (Å²) in [6.07, 6.45) is 3.12. The molecule has 0 aromatic carbocycles. The predicted molar refractivity (Wildman–Crippen MR) is 67.6 cm³/mol. The van der Waals surface area contributed by atoms with Crippen LogP contribution in [0.1, 0.15) is 16.1 Å². The first-order valence-corrected chi connectivity index (χ1v) is 6.00. The van der Waals surface area contributed by atoms with Crippen LogP contribution in [0, 0.1) is 6.92 Å². The third kappa shape index (κ3) is 2.33. The molecular weight excluding hydrogens is 252 g/mol. The van der Waals surface area contributed by atoms with Gasteiger partial charge in [-0.15, -0.1) is 0 Å². The summed E-state index contributed by atoms with van der Waals surface area (Å²) in [7, 11) is 1.31. The van der Waals surface area contributed by atoms with Crippen LogP contribution in [-0.2, 0) is 4.74 Å². The Kier molecular flexibility index (Phi) is 3.57. The van der Waals surface area contributed by atoms with Crippen LogP contribution < -0.4 is 5.73 Å². The van der Waals surface area contributed by atoms with Crippen molar-refractivity contribution in [2.75, 3.05) is 12.8 Å². The van der Waals surface area contributed by atoms with Crippen molar-refractivity contribution < 1.29 is 13.9 Å². The minimum atomic E-state index is -0.472. The number of hydrogen-bond donors (Lipinski definition) is 1. The minimum absolute atomic E-state index is 0.315. The molecule has 0 amide bonds. The summed E-state index contributed by atoms with van der Waals surface area (Å²) in [5.41, 5.74) is 6.54. The van der Waals surface area contributed by atoms with Crippen molar-refractivity contribution in [2.24, 2.45) is 0 Å². The Morgan fingerprint density at radius 3 is 2.89 bits per heavy atom. The van der Waals surface area contributed by atoms with E-state index in [2.05, 4.69) is 9.72 Å². The number of carbonyl (C=O) groups excluding carboxylic acids is 1. The van der Waals surface area contributed by atoms with Crippen LogP contribution in [-0.4, -0.2) is 18.1 Å². The largest absolute Gasteiger partial charge is 0.468 e. The first-order valence-electron chi connectivity index (χ1n) is 5.18. The van der Waals surface area contributed by atoms with Crippen molar-refractivity contribution in [1.29, 1.82) is 0 Å². The predicted octanol–water partition coefficient (Wildman–Crippen LogP) is 2.50. The zero-order valence-corrected chi connectivity index (χ0v) is 10.8. The maximum Gasteiger partial charge on any atom is 0.340 e. The number of esters is 1. The van der Waals surface area contributed by atoms with Gasteiger partial charge in [0.1, 0.15) is 10.8 Å². The number of aryl methyl sites for hydroxylation is 1. The Hall–Kier alpha value is -1.95. The second-order valence-electron chi connectivity index (χ2n) is 3.51. The minimum Gasteiger partial charge on any atom is -0.468 e. The van der Waals surface area contributed by atoms with E-state index in [4.69, 9.17) is 10.2 Å². The highest BCUT2D eigenvalue weighted by atomic mass is 32.2. The van der Waals surface area contributed by atoms with E-state index in [1.807, 2.05) is 13.0 Å². The van der Waals surface area contributed by atoms with Crippen LogP contribution in [0.15, 0.2) is 38.9 Å². The Bertz CT molecular complexity index is 580. The molecular formula is C12H12N2O3S. The molecule has 0 unspecified atom stereocenters. The number of furan rings is 1. The first kappa shape index (κ1) is 12.5. The van der Waals surface area contributed by atoms with Crippen LogP contribution in [0.25, 0.3) is 0 Å². The lowest BCUT2D eigenvalue weighted by molar-refractivity contribution is 0.0601. The van der Waals surface area contributed by atoms with Gasteiger partial charge in [-0.1, -0.05) is 11.8 Å². The maximum atomic E-state index is 11.5. The van der Waals surface area contributed by atoms with Gasteiger partial charge in [-0.05, 0) is 19.1 Å². The number of nitrogen functional groups attached to an aromatic ring is 1. The summed E-state index contributed by atoms with van der Waals surface area (Å²) in [5, 5.41) is 0.558. The van der Waals surface area contributed by atoms with Gasteiger partial charge in [0, 0.05) is 6.20 Å². The average molecular weight is 264 g/mol. The summed E-state index contributed by atoms with van der Waals surface area (Å²) in [6.45, 7) is 1.85. The van der Waals surface area contributed by atoms with Gasteiger partial charge in [-0.3, -0.25) is 0 Å². The van der Waals surface area contributed by atoms with E-state index in [-0.39, 0.29) is 0 Å². The van der Waals surface area contributed by atoms with Gasteiger partial charge in [0.05, 0.1) is 29.5 Å². The Morgan fingerprint density at radius 1 is 1.50 bits per heavy atom. The standard InChI is InChI=1S/C12H12N2O3S/c1-7-9(4-6-17-7)18-11-10(13)8(3-5-14-11)12(15)16-2/h3-6H,13H2,1-2H3. The van der Waals surface area contributed by atoms with Crippen LogP contribution in [0.3, 0.4) is 0 Å². The van der Waals surface area contributed by atoms with Crippen molar-refractivity contribution in [3.8, 4) is 0 Å². The molecule has 0 aliphatic rings. The summed E-state index contributed by atoms with van der Waals surface area (Å²) in [6, 6.07) is 3.36. The number of aromatic nitrogens is 1. The van der Waals surface area contributed by atoms with E-state index in [1.165, 1.54) is 31.1 Å². The van der Waals surface area contributed by atoms with E-state index >= 15 is 0 Å². The molecule has 2 aromatic rings. The summed E-state index contributed by atoms with van der Waals surface area (Å²) >= 11 is 1.35. The fourth-order valence-electron chi connectivity index (χ4n) is 1.41. The molecule has 94 valence electrons. The molecule has 0 saturated heterocycles. The number of rotatable bonds is 3. The van der Waals surface area contributed by atoms with Crippen LogP contribution in [0.4, 0.5) is 5.69 Å². The molecule has 0 fully saturated rings. The highest BCUT2D eigenvalue weighted by molar-refractivity contribution is 7.99. The molecule has 6 heteroatoms. The fourth-order valence-corrected chi connectivity index (χ4v) is 2.26. The smallest absolute Gasteiger partial charge is 0.340 e. The van der Waals surface area contributed by atoms with Crippen LogP contribution in [0.2, 0.25) is 0 Å². The third-order valence-corrected chi connectivity index (χ3v) is 3.54. The normalized spacial score (nSPS) is 10.3. The van der Waals surface area contributed by atoms with Gasteiger partial charge in [0.2, 0.25) is 0 Å². The molecule has 0 aliphatic heterocycles. The Balaban J connectivity index is 2.35. The number of nitrogens with two attached hydrogens (primary N) is 1. The first-order chi connectivity index (χ1) is 8.63. The monoisotopic (exact) mass is 264 g/mol. The van der Waals surface area contributed by atoms with Crippen molar-refractivity contribution in [3.05, 3.63) is 35.9 Å². The van der Waals surface area contributed by atoms with Crippen molar-refractivity contribution >= 4 is 23.4 Å². The number of ether oxygens (including phenoxy) is 1. The maximum absolute atomic E-state index is 11.5. The highest BCUT2D eigenvalue weighted by Crippen LogP contribution is 2.34. The van der Waals surface area contributed by atoms with Crippen molar-refractivity contribution in [2.45, 2.75) is 16.8 Å². The van der Waals surface area contributed by atoms with Gasteiger partial charge in [-0.25, -0.2) is 9.78 Å². The topological polar surface area (TPSA) is 78.3 Å². The molecule has 0 aliphatic carbocycles. The number of anilines is 1. The molecule has 0 radical (unpaired) electrons. The second kappa shape index (κ2) is 5.14. The van der Waals surface area contributed by atoms with Crippen LogP contribution in [0.5, 0.6) is 0 Å². The third-order valence-electron chi connectivity index (χ3n) is 2.38. The van der Waals surface area contributed by atoms with Crippen LogP contribution >= 0.6 is 11.8 Å². The zero-order chi connectivity index (χ0) is 13.1. The van der Waals surface area contributed by atoms with Gasteiger partial charge in [0.25, 0.3) is 0 Å². The molecule has 0 spiro atoms. The quantitative estimate of drug-likeness (QED) is 0.858.